The fourth-order valence-corrected chi connectivity index (χ4v) is 5.11. The third-order valence-electron chi connectivity index (χ3n) is 6.68. The highest BCUT2D eigenvalue weighted by Gasteiger charge is 2.31. The molecule has 3 aromatic rings. The summed E-state index contributed by atoms with van der Waals surface area (Å²) in [5.74, 6) is 5.62. The van der Waals surface area contributed by atoms with E-state index >= 15 is 0 Å². The number of carboxylic acids is 1. The van der Waals surface area contributed by atoms with Gasteiger partial charge >= 0.3 is 5.97 Å². The largest absolute Gasteiger partial charge is 0.479 e. The fraction of sp³-hybridized carbons (Fsp3) is 0.387. The molecular weight excluding hydrogens is 470 g/mol. The van der Waals surface area contributed by atoms with Crippen molar-refractivity contribution in [1.29, 1.82) is 0 Å². The van der Waals surface area contributed by atoms with Crippen molar-refractivity contribution in [3.05, 3.63) is 70.2 Å². The maximum Gasteiger partial charge on any atom is 0.337 e. The summed E-state index contributed by atoms with van der Waals surface area (Å²) in [6.07, 6.45) is 4.12. The zero-order valence-corrected chi connectivity index (χ0v) is 22.2. The molecule has 0 heterocycles. The molecular formula is C31H34ClNO3. The number of hydrogen-bond acceptors (Lipinski definition) is 3. The van der Waals surface area contributed by atoms with Crippen LogP contribution < -0.4 is 5.73 Å². The lowest BCUT2D eigenvalue weighted by molar-refractivity contribution is -0.160. The Kier molecular flexibility index (Phi) is 7.48. The van der Waals surface area contributed by atoms with Crippen molar-refractivity contribution in [2.24, 2.45) is 5.73 Å². The van der Waals surface area contributed by atoms with Crippen LogP contribution in [0.3, 0.4) is 0 Å². The Balaban J connectivity index is 1.96. The van der Waals surface area contributed by atoms with Crippen LogP contribution in [0.25, 0.3) is 21.9 Å². The first-order chi connectivity index (χ1) is 17.0. The van der Waals surface area contributed by atoms with Crippen molar-refractivity contribution in [2.45, 2.75) is 77.0 Å². The van der Waals surface area contributed by atoms with E-state index in [1.807, 2.05) is 76.2 Å². The third-order valence-corrected chi connectivity index (χ3v) is 6.93. The van der Waals surface area contributed by atoms with Crippen LogP contribution in [0.4, 0.5) is 0 Å². The molecule has 3 N–H and O–H groups in total. The molecule has 36 heavy (non-hydrogen) atoms. The topological polar surface area (TPSA) is 72.5 Å². The molecule has 188 valence electrons. The SMILES string of the molecule is Cc1cc2ccc(C#CC3(N)CCCCC3)cc2c(-c2ccc(Cl)cc2)c1[C@H](OC(C)(C)C)C(=O)O. The molecule has 0 aliphatic heterocycles. The quantitative estimate of drug-likeness (QED) is 0.363. The van der Waals surface area contributed by atoms with Gasteiger partial charge in [-0.15, -0.1) is 0 Å². The van der Waals surface area contributed by atoms with Gasteiger partial charge in [-0.25, -0.2) is 4.79 Å². The number of rotatable bonds is 4. The number of benzene rings is 3. The van der Waals surface area contributed by atoms with Gasteiger partial charge in [0.25, 0.3) is 0 Å². The Hall–Kier alpha value is -2.84. The van der Waals surface area contributed by atoms with Gasteiger partial charge in [0.1, 0.15) is 0 Å². The van der Waals surface area contributed by atoms with E-state index in [0.717, 1.165) is 58.7 Å². The molecule has 3 aromatic carbocycles. The number of hydrogen-bond donors (Lipinski definition) is 2. The average molecular weight is 504 g/mol. The predicted octanol–water partition coefficient (Wildman–Crippen LogP) is 7.42. The molecule has 0 radical (unpaired) electrons. The van der Waals surface area contributed by atoms with E-state index in [4.69, 9.17) is 22.1 Å². The highest BCUT2D eigenvalue weighted by molar-refractivity contribution is 6.30. The van der Waals surface area contributed by atoms with Crippen molar-refractivity contribution in [3.8, 4) is 23.0 Å². The molecule has 0 unspecified atom stereocenters. The van der Waals surface area contributed by atoms with Crippen molar-refractivity contribution in [2.75, 3.05) is 0 Å². The normalized spacial score (nSPS) is 16.3. The Morgan fingerprint density at radius 3 is 2.36 bits per heavy atom. The number of fused-ring (bicyclic) bond motifs is 1. The zero-order chi connectivity index (χ0) is 26.1. The molecule has 1 atom stereocenters. The van der Waals surface area contributed by atoms with E-state index < -0.39 is 23.2 Å². The summed E-state index contributed by atoms with van der Waals surface area (Å²) < 4.78 is 6.10. The second-order valence-electron chi connectivity index (χ2n) is 10.8. The second kappa shape index (κ2) is 10.3. The van der Waals surface area contributed by atoms with Gasteiger partial charge in [0, 0.05) is 16.1 Å². The number of carboxylic acid groups (broad SMARTS) is 1. The molecule has 4 nitrogen and oxygen atoms in total. The Labute approximate surface area is 218 Å². The number of aryl methyl sites for hydroxylation is 1. The van der Waals surface area contributed by atoms with Gasteiger partial charge in [-0.3, -0.25) is 0 Å². The molecule has 1 aliphatic rings. The number of ether oxygens (including phenoxy) is 1. The van der Waals surface area contributed by atoms with E-state index in [9.17, 15) is 9.90 Å². The van der Waals surface area contributed by atoms with Gasteiger partial charge in [0.05, 0.1) is 11.1 Å². The zero-order valence-electron chi connectivity index (χ0n) is 21.5. The number of carbonyl (C=O) groups is 1. The lowest BCUT2D eigenvalue weighted by Crippen LogP contribution is -2.40. The van der Waals surface area contributed by atoms with E-state index in [0.29, 0.717) is 10.6 Å². The van der Waals surface area contributed by atoms with Crippen molar-refractivity contribution in [3.63, 3.8) is 0 Å². The maximum atomic E-state index is 12.5. The lowest BCUT2D eigenvalue weighted by atomic mass is 9.83. The molecule has 0 spiro atoms. The first-order valence-corrected chi connectivity index (χ1v) is 12.9. The minimum atomic E-state index is -1.13. The van der Waals surface area contributed by atoms with E-state index in [1.165, 1.54) is 6.42 Å². The molecule has 0 saturated heterocycles. The first-order valence-electron chi connectivity index (χ1n) is 12.5. The van der Waals surface area contributed by atoms with Gasteiger partial charge in [-0.2, -0.15) is 0 Å². The van der Waals surface area contributed by atoms with Crippen LogP contribution in [0, 0.1) is 18.8 Å². The summed E-state index contributed by atoms with van der Waals surface area (Å²) in [5.41, 5.74) is 9.51. The van der Waals surface area contributed by atoms with Gasteiger partial charge in [0.2, 0.25) is 0 Å². The maximum absolute atomic E-state index is 12.5. The molecule has 0 bridgehead atoms. The minimum Gasteiger partial charge on any atom is -0.479 e. The molecule has 0 aromatic heterocycles. The minimum absolute atomic E-state index is 0.445. The summed E-state index contributed by atoms with van der Waals surface area (Å²) in [6, 6.07) is 15.6. The molecule has 1 aliphatic carbocycles. The highest BCUT2D eigenvalue weighted by atomic mass is 35.5. The van der Waals surface area contributed by atoms with Gasteiger partial charge in [-0.05, 0) is 92.3 Å². The Morgan fingerprint density at radius 2 is 1.75 bits per heavy atom. The van der Waals surface area contributed by atoms with E-state index in [-0.39, 0.29) is 0 Å². The van der Waals surface area contributed by atoms with E-state index in [1.54, 1.807) is 0 Å². The van der Waals surface area contributed by atoms with Crippen molar-refractivity contribution < 1.29 is 14.6 Å². The van der Waals surface area contributed by atoms with Gasteiger partial charge < -0.3 is 15.6 Å². The van der Waals surface area contributed by atoms with Crippen LogP contribution in [-0.4, -0.2) is 22.2 Å². The van der Waals surface area contributed by atoms with Crippen LogP contribution in [0.2, 0.25) is 5.02 Å². The summed E-state index contributed by atoms with van der Waals surface area (Å²) in [5, 5.41) is 12.8. The highest BCUT2D eigenvalue weighted by Crippen LogP contribution is 2.41. The molecule has 5 heteroatoms. The Morgan fingerprint density at radius 1 is 1.08 bits per heavy atom. The van der Waals surface area contributed by atoms with Crippen molar-refractivity contribution >= 4 is 28.3 Å². The monoisotopic (exact) mass is 503 g/mol. The average Bonchev–Trinajstić information content (AvgIpc) is 2.81. The molecule has 1 saturated carbocycles. The smallest absolute Gasteiger partial charge is 0.337 e. The summed E-state index contributed by atoms with van der Waals surface area (Å²) in [4.78, 5) is 12.5. The third kappa shape index (κ3) is 5.93. The number of aliphatic carboxylic acids is 1. The summed E-state index contributed by atoms with van der Waals surface area (Å²) in [6.45, 7) is 7.53. The predicted molar refractivity (Wildman–Crippen MR) is 147 cm³/mol. The van der Waals surface area contributed by atoms with Gasteiger partial charge in [0.15, 0.2) is 6.10 Å². The lowest BCUT2D eigenvalue weighted by Gasteiger charge is -2.28. The summed E-state index contributed by atoms with van der Waals surface area (Å²) in [7, 11) is 0. The number of nitrogens with two attached hydrogens (primary N) is 1. The molecule has 1 fully saturated rings. The van der Waals surface area contributed by atoms with Crippen LogP contribution in [0.1, 0.15) is 75.7 Å². The molecule has 4 rings (SSSR count). The Bertz CT molecular complexity index is 1340. The second-order valence-corrected chi connectivity index (χ2v) is 11.3. The van der Waals surface area contributed by atoms with Gasteiger partial charge in [-0.1, -0.05) is 67.0 Å². The van der Waals surface area contributed by atoms with E-state index in [2.05, 4.69) is 11.8 Å². The van der Waals surface area contributed by atoms with Crippen LogP contribution in [-0.2, 0) is 9.53 Å². The standard InChI is InChI=1S/C31H34ClNO3/c1-20-18-23-9-8-21(14-17-31(33)15-6-5-7-16-31)19-25(23)27(22-10-12-24(32)13-11-22)26(20)28(29(34)35)36-30(2,3)4/h8-13,18-19,28H,5-7,15-16,33H2,1-4H3,(H,34,35)/t28-/m0/s1. The molecule has 0 amide bonds. The van der Waals surface area contributed by atoms with Crippen LogP contribution in [0.5, 0.6) is 0 Å². The fourth-order valence-electron chi connectivity index (χ4n) is 4.99. The van der Waals surface area contributed by atoms with Crippen LogP contribution >= 0.6 is 11.6 Å². The number of halogens is 1. The van der Waals surface area contributed by atoms with Crippen LogP contribution in [0.15, 0.2) is 48.5 Å². The first kappa shape index (κ1) is 26.2. The summed E-state index contributed by atoms with van der Waals surface area (Å²) >= 11 is 6.19. The van der Waals surface area contributed by atoms with Crippen molar-refractivity contribution in [1.82, 2.24) is 0 Å².